The number of ether oxygens (including phenoxy) is 1. The number of hydrogen-bond donors (Lipinski definition) is 1. The molecule has 4 nitrogen and oxygen atoms in total. The van der Waals surface area contributed by atoms with E-state index in [1.165, 1.54) is 0 Å². The fourth-order valence-corrected chi connectivity index (χ4v) is 1.49. The van der Waals surface area contributed by atoms with Gasteiger partial charge in [-0.05, 0) is 19.1 Å². The van der Waals surface area contributed by atoms with Gasteiger partial charge in [0.05, 0.1) is 0 Å². The third kappa shape index (κ3) is 1.65. The van der Waals surface area contributed by atoms with Gasteiger partial charge in [0.15, 0.2) is 6.10 Å². The number of cyclic esters (lactones) is 1. The second kappa shape index (κ2) is 3.46. The molecular weight excluding hydrogens is 184 g/mol. The van der Waals surface area contributed by atoms with Crippen molar-refractivity contribution in [3.05, 3.63) is 23.7 Å². The van der Waals surface area contributed by atoms with Crippen LogP contribution >= 0.6 is 0 Å². The minimum absolute atomic E-state index is 0.190. The molecule has 2 atom stereocenters. The number of aliphatic hydroxyl groups is 1. The second-order valence-electron chi connectivity index (χ2n) is 3.43. The van der Waals surface area contributed by atoms with E-state index in [1.54, 1.807) is 19.1 Å². The molecule has 14 heavy (non-hydrogen) atoms. The second-order valence-corrected chi connectivity index (χ2v) is 3.43. The molecule has 1 N–H and O–H groups in total. The van der Waals surface area contributed by atoms with Crippen LogP contribution in [0.4, 0.5) is 0 Å². The van der Waals surface area contributed by atoms with E-state index in [2.05, 4.69) is 0 Å². The first-order chi connectivity index (χ1) is 6.66. The lowest BCUT2D eigenvalue weighted by atomic mass is 10.2. The molecule has 1 aliphatic heterocycles. The van der Waals surface area contributed by atoms with Gasteiger partial charge in [0.25, 0.3) is 0 Å². The lowest BCUT2D eigenvalue weighted by molar-refractivity contribution is -0.142. The van der Waals surface area contributed by atoms with Gasteiger partial charge >= 0.3 is 5.97 Å². The van der Waals surface area contributed by atoms with Gasteiger partial charge in [0.1, 0.15) is 17.6 Å². The highest BCUT2D eigenvalue weighted by molar-refractivity contribution is 5.71. The lowest BCUT2D eigenvalue weighted by Crippen LogP contribution is -1.96. The minimum atomic E-state index is -0.624. The Morgan fingerprint density at radius 2 is 2.36 bits per heavy atom. The first kappa shape index (κ1) is 9.27. The predicted molar refractivity (Wildman–Crippen MR) is 47.4 cm³/mol. The Balaban J connectivity index is 2.13. The average Bonchev–Trinajstić information content (AvgIpc) is 2.70. The van der Waals surface area contributed by atoms with Crippen molar-refractivity contribution in [2.45, 2.75) is 32.0 Å². The summed E-state index contributed by atoms with van der Waals surface area (Å²) in [4.78, 5) is 10.9. The number of aliphatic hydroxyl groups excluding tert-OH is 1. The van der Waals surface area contributed by atoms with Crippen LogP contribution in [0.3, 0.4) is 0 Å². The molecule has 2 rings (SSSR count). The molecule has 0 spiro atoms. The molecule has 1 saturated heterocycles. The maximum absolute atomic E-state index is 10.9. The number of hydrogen-bond acceptors (Lipinski definition) is 4. The van der Waals surface area contributed by atoms with E-state index < -0.39 is 6.10 Å². The molecule has 0 saturated carbocycles. The van der Waals surface area contributed by atoms with Crippen molar-refractivity contribution in [1.29, 1.82) is 0 Å². The van der Waals surface area contributed by atoms with Crippen LogP contribution in [-0.2, 0) is 9.53 Å². The summed E-state index contributed by atoms with van der Waals surface area (Å²) in [7, 11) is 0. The maximum Gasteiger partial charge on any atom is 0.306 e. The van der Waals surface area contributed by atoms with Gasteiger partial charge in [-0.15, -0.1) is 0 Å². The molecule has 0 aromatic carbocycles. The summed E-state index contributed by atoms with van der Waals surface area (Å²) >= 11 is 0. The number of carbonyl (C=O) groups excluding carboxylic acids is 1. The smallest absolute Gasteiger partial charge is 0.306 e. The molecule has 1 aromatic rings. The zero-order valence-electron chi connectivity index (χ0n) is 7.90. The summed E-state index contributed by atoms with van der Waals surface area (Å²) in [6, 6.07) is 3.44. The Bertz CT molecular complexity index is 340. The summed E-state index contributed by atoms with van der Waals surface area (Å²) in [5.74, 6) is 0.930. The van der Waals surface area contributed by atoms with Crippen molar-refractivity contribution >= 4 is 5.97 Å². The number of furan rings is 1. The molecule has 1 aliphatic rings. The fraction of sp³-hybridized carbons (Fsp3) is 0.500. The van der Waals surface area contributed by atoms with Crippen LogP contribution in [0.5, 0.6) is 0 Å². The summed E-state index contributed by atoms with van der Waals surface area (Å²) < 4.78 is 10.4. The Kier molecular flexibility index (Phi) is 2.29. The van der Waals surface area contributed by atoms with E-state index in [1.807, 2.05) is 0 Å². The Labute approximate surface area is 81.5 Å². The molecule has 2 unspecified atom stereocenters. The van der Waals surface area contributed by atoms with Crippen LogP contribution in [0.25, 0.3) is 0 Å². The van der Waals surface area contributed by atoms with E-state index in [0.717, 1.165) is 0 Å². The summed E-state index contributed by atoms with van der Waals surface area (Å²) in [6.07, 6.45) is 0.205. The van der Waals surface area contributed by atoms with Gasteiger partial charge in [0.2, 0.25) is 0 Å². The predicted octanol–water partition coefficient (Wildman–Crippen LogP) is 1.71. The van der Waals surface area contributed by atoms with Gasteiger partial charge in [-0.2, -0.15) is 0 Å². The summed E-state index contributed by atoms with van der Waals surface area (Å²) in [5.41, 5.74) is 0. The molecule has 0 amide bonds. The number of carbonyl (C=O) groups is 1. The van der Waals surface area contributed by atoms with Crippen molar-refractivity contribution in [3.8, 4) is 0 Å². The van der Waals surface area contributed by atoms with Gasteiger partial charge in [0, 0.05) is 12.8 Å². The van der Waals surface area contributed by atoms with Crippen molar-refractivity contribution in [2.24, 2.45) is 0 Å². The Morgan fingerprint density at radius 1 is 1.57 bits per heavy atom. The van der Waals surface area contributed by atoms with Crippen LogP contribution in [0, 0.1) is 0 Å². The van der Waals surface area contributed by atoms with Crippen molar-refractivity contribution in [3.63, 3.8) is 0 Å². The van der Waals surface area contributed by atoms with E-state index >= 15 is 0 Å². The highest BCUT2D eigenvalue weighted by Gasteiger charge is 2.27. The topological polar surface area (TPSA) is 59.7 Å². The van der Waals surface area contributed by atoms with Crippen LogP contribution in [-0.4, -0.2) is 11.1 Å². The van der Waals surface area contributed by atoms with Crippen molar-refractivity contribution in [1.82, 2.24) is 0 Å². The van der Waals surface area contributed by atoms with Crippen LogP contribution < -0.4 is 0 Å². The van der Waals surface area contributed by atoms with E-state index in [0.29, 0.717) is 24.4 Å². The third-order valence-electron chi connectivity index (χ3n) is 2.26. The van der Waals surface area contributed by atoms with E-state index in [4.69, 9.17) is 9.15 Å². The molecule has 0 bridgehead atoms. The molecule has 1 fully saturated rings. The quantitative estimate of drug-likeness (QED) is 0.731. The average molecular weight is 196 g/mol. The SMILES string of the molecule is CC(O)c1ccc(C2CCC(=O)O2)o1. The lowest BCUT2D eigenvalue weighted by Gasteiger charge is -2.05. The van der Waals surface area contributed by atoms with E-state index in [9.17, 15) is 9.90 Å². The molecular formula is C10H12O4. The normalized spacial score (nSPS) is 23.6. The standard InChI is InChI=1S/C10H12O4/c1-6(11)7-2-3-8(13-7)9-4-5-10(12)14-9/h2-3,6,9,11H,4-5H2,1H3. The molecule has 0 radical (unpaired) electrons. The van der Waals surface area contributed by atoms with Crippen molar-refractivity contribution < 1.29 is 19.1 Å². The highest BCUT2D eigenvalue weighted by Crippen LogP contribution is 2.31. The first-order valence-corrected chi connectivity index (χ1v) is 4.64. The van der Waals surface area contributed by atoms with E-state index in [-0.39, 0.29) is 12.1 Å². The minimum Gasteiger partial charge on any atom is -0.459 e. The van der Waals surface area contributed by atoms with Gasteiger partial charge < -0.3 is 14.3 Å². The van der Waals surface area contributed by atoms with Crippen LogP contribution in [0.2, 0.25) is 0 Å². The molecule has 76 valence electrons. The van der Waals surface area contributed by atoms with Crippen LogP contribution in [0.15, 0.2) is 16.5 Å². The monoisotopic (exact) mass is 196 g/mol. The van der Waals surface area contributed by atoms with Crippen molar-refractivity contribution in [2.75, 3.05) is 0 Å². The zero-order valence-corrected chi connectivity index (χ0v) is 7.90. The maximum atomic E-state index is 10.9. The first-order valence-electron chi connectivity index (χ1n) is 4.64. The molecule has 0 aliphatic carbocycles. The van der Waals surface area contributed by atoms with Crippen LogP contribution in [0.1, 0.15) is 43.5 Å². The third-order valence-corrected chi connectivity index (χ3v) is 2.26. The summed E-state index contributed by atoms with van der Waals surface area (Å²) in [6.45, 7) is 1.63. The number of rotatable bonds is 2. The molecule has 2 heterocycles. The zero-order chi connectivity index (χ0) is 10.1. The Hall–Kier alpha value is -1.29. The fourth-order valence-electron chi connectivity index (χ4n) is 1.49. The van der Waals surface area contributed by atoms with Gasteiger partial charge in [-0.25, -0.2) is 0 Å². The highest BCUT2D eigenvalue weighted by atomic mass is 16.6. The summed E-state index contributed by atoms with van der Waals surface area (Å²) in [5, 5.41) is 9.23. The molecule has 1 aromatic heterocycles. The number of esters is 1. The Morgan fingerprint density at radius 3 is 2.86 bits per heavy atom. The molecule has 4 heteroatoms. The van der Waals surface area contributed by atoms with Gasteiger partial charge in [-0.1, -0.05) is 0 Å². The largest absolute Gasteiger partial charge is 0.459 e. The van der Waals surface area contributed by atoms with Gasteiger partial charge in [-0.3, -0.25) is 4.79 Å².